The fourth-order valence-electron chi connectivity index (χ4n) is 4.00. The van der Waals surface area contributed by atoms with E-state index in [1.54, 1.807) is 0 Å². The summed E-state index contributed by atoms with van der Waals surface area (Å²) in [6.45, 7) is 0.135. The number of rotatable bonds is 9. The summed E-state index contributed by atoms with van der Waals surface area (Å²) in [5, 5.41) is 17.6. The lowest BCUT2D eigenvalue weighted by molar-refractivity contribution is 0.0933. The molecule has 0 aliphatic rings. The summed E-state index contributed by atoms with van der Waals surface area (Å²) in [5.41, 5.74) is 1.16. The Hall–Kier alpha value is -4.28. The van der Waals surface area contributed by atoms with Gasteiger partial charge in [0.1, 0.15) is 5.56 Å². The lowest BCUT2D eigenvalue weighted by atomic mass is 10.0. The van der Waals surface area contributed by atoms with E-state index < -0.39 is 29.5 Å². The Kier molecular flexibility index (Phi) is 8.90. The lowest BCUT2D eigenvalue weighted by Crippen LogP contribution is -2.32. The molecule has 200 valence electrons. The maximum atomic E-state index is 13.1. The zero-order chi connectivity index (χ0) is 27.9. The van der Waals surface area contributed by atoms with E-state index in [-0.39, 0.29) is 28.4 Å². The van der Waals surface area contributed by atoms with Gasteiger partial charge in [0.15, 0.2) is 0 Å². The molecule has 0 bridgehead atoms. The van der Waals surface area contributed by atoms with Gasteiger partial charge < -0.3 is 26.0 Å². The van der Waals surface area contributed by atoms with Crippen LogP contribution < -0.4 is 21.5 Å². The number of hydrogen-bond donors (Lipinski definition) is 5. The van der Waals surface area contributed by atoms with Gasteiger partial charge in [0.05, 0.1) is 16.8 Å². The molecule has 9 nitrogen and oxygen atoms in total. The quantitative estimate of drug-likeness (QED) is 0.175. The minimum atomic E-state index is -1.15. The molecular weight excluding hydrogens is 540 g/mol. The molecule has 0 spiro atoms. The van der Waals surface area contributed by atoms with Gasteiger partial charge in [0, 0.05) is 22.5 Å². The van der Waals surface area contributed by atoms with E-state index >= 15 is 0 Å². The predicted octanol–water partition coefficient (Wildman–Crippen LogP) is 5.28. The highest BCUT2D eigenvalue weighted by atomic mass is 35.5. The molecule has 3 amide bonds. The van der Waals surface area contributed by atoms with E-state index in [0.717, 1.165) is 10.5 Å². The monoisotopic (exact) mass is 564 g/mol. The number of hydrogen-bond acceptors (Lipinski definition) is 5. The fourth-order valence-corrected chi connectivity index (χ4v) is 4.60. The first-order valence-electron chi connectivity index (χ1n) is 11.9. The molecule has 5 N–H and O–H groups in total. The Labute approximate surface area is 233 Å². The number of carbonyl (C=O) groups is 3. The molecule has 0 aliphatic heterocycles. The highest BCUT2D eigenvalue weighted by Gasteiger charge is 2.19. The van der Waals surface area contributed by atoms with Crippen molar-refractivity contribution in [2.75, 3.05) is 18.1 Å². The second-order valence-corrected chi connectivity index (χ2v) is 9.86. The Bertz CT molecular complexity index is 1590. The average molecular weight is 565 g/mol. The Morgan fingerprint density at radius 1 is 1.00 bits per heavy atom. The molecular formula is C28H25ClN4O5S. The molecule has 0 saturated carbocycles. The van der Waals surface area contributed by atoms with Crippen LogP contribution in [0.25, 0.3) is 10.9 Å². The topological polar surface area (TPSA) is 140 Å². The minimum absolute atomic E-state index is 0.0969. The number of carboxylic acid groups (broad SMARTS) is 1. The van der Waals surface area contributed by atoms with E-state index in [2.05, 4.69) is 20.9 Å². The zero-order valence-electron chi connectivity index (χ0n) is 20.8. The first-order valence-corrected chi connectivity index (χ1v) is 13.5. The number of fused-ring (bicyclic) bond motifs is 1. The molecule has 4 rings (SSSR count). The van der Waals surface area contributed by atoms with Crippen molar-refractivity contribution in [1.82, 2.24) is 15.6 Å². The maximum absolute atomic E-state index is 13.1. The van der Waals surface area contributed by atoms with Crippen LogP contribution in [-0.4, -0.2) is 40.8 Å². The largest absolute Gasteiger partial charge is 0.465 e. The van der Waals surface area contributed by atoms with Crippen LogP contribution in [0.5, 0.6) is 0 Å². The molecule has 0 saturated heterocycles. The highest BCUT2D eigenvalue weighted by Crippen LogP contribution is 2.25. The van der Waals surface area contributed by atoms with E-state index in [9.17, 15) is 19.2 Å². The van der Waals surface area contributed by atoms with Crippen molar-refractivity contribution in [1.29, 1.82) is 0 Å². The number of aromatic amines is 1. The van der Waals surface area contributed by atoms with E-state index in [4.69, 9.17) is 16.7 Å². The third kappa shape index (κ3) is 6.98. The number of H-pyrrole nitrogens is 1. The number of pyridine rings is 1. The molecule has 1 unspecified atom stereocenters. The van der Waals surface area contributed by atoms with E-state index in [0.29, 0.717) is 17.3 Å². The number of anilines is 1. The normalized spacial score (nSPS) is 11.5. The van der Waals surface area contributed by atoms with E-state index in [1.165, 1.54) is 36.0 Å². The van der Waals surface area contributed by atoms with Crippen LogP contribution in [0.4, 0.5) is 10.5 Å². The number of halogens is 1. The summed E-state index contributed by atoms with van der Waals surface area (Å²) in [7, 11) is 0. The summed E-state index contributed by atoms with van der Waals surface area (Å²) in [5.74, 6) is -1.12. The van der Waals surface area contributed by atoms with Gasteiger partial charge in [0.2, 0.25) is 0 Å². The van der Waals surface area contributed by atoms with Gasteiger partial charge in [-0.05, 0) is 60.0 Å². The molecule has 0 fully saturated rings. The van der Waals surface area contributed by atoms with Crippen molar-refractivity contribution in [2.45, 2.75) is 17.4 Å². The molecule has 11 heteroatoms. The Morgan fingerprint density at radius 2 is 1.77 bits per heavy atom. The van der Waals surface area contributed by atoms with Crippen LogP contribution in [0, 0.1) is 0 Å². The molecule has 0 radical (unpaired) electrons. The molecule has 1 heterocycles. The minimum Gasteiger partial charge on any atom is -0.465 e. The number of thioether (sulfide) groups is 1. The van der Waals surface area contributed by atoms with Crippen LogP contribution in [0.15, 0.2) is 82.5 Å². The number of nitrogens with one attached hydrogen (secondary N) is 4. The van der Waals surface area contributed by atoms with Crippen LogP contribution in [-0.2, 0) is 0 Å². The SMILES string of the molecule is CSc1ccc2cc(C(=O)Nc3cc(C(=O)NC(CCNC(=O)O)c4ccccc4)ccc3Cl)c(=O)[nH]c2c1. The summed E-state index contributed by atoms with van der Waals surface area (Å²) < 4.78 is 0. The first-order chi connectivity index (χ1) is 18.7. The van der Waals surface area contributed by atoms with Crippen molar-refractivity contribution in [2.24, 2.45) is 0 Å². The average Bonchev–Trinajstić information content (AvgIpc) is 2.93. The predicted molar refractivity (Wildman–Crippen MR) is 153 cm³/mol. The van der Waals surface area contributed by atoms with Gasteiger partial charge >= 0.3 is 6.09 Å². The van der Waals surface area contributed by atoms with Crippen LogP contribution in [0.2, 0.25) is 5.02 Å². The number of aromatic nitrogens is 1. The summed E-state index contributed by atoms with van der Waals surface area (Å²) in [4.78, 5) is 53.4. The molecule has 3 aromatic carbocycles. The number of benzene rings is 3. The van der Waals surface area contributed by atoms with Gasteiger partial charge in [-0.15, -0.1) is 11.8 Å². The van der Waals surface area contributed by atoms with Crippen molar-refractivity contribution in [3.8, 4) is 0 Å². The third-order valence-electron chi connectivity index (χ3n) is 5.99. The second kappa shape index (κ2) is 12.5. The van der Waals surface area contributed by atoms with Crippen molar-refractivity contribution in [3.05, 3.63) is 105 Å². The van der Waals surface area contributed by atoms with Gasteiger partial charge in [-0.3, -0.25) is 14.4 Å². The van der Waals surface area contributed by atoms with Gasteiger partial charge in [0.25, 0.3) is 17.4 Å². The summed E-state index contributed by atoms with van der Waals surface area (Å²) in [6, 6.07) is 20.2. The summed E-state index contributed by atoms with van der Waals surface area (Å²) >= 11 is 7.84. The zero-order valence-corrected chi connectivity index (χ0v) is 22.4. The van der Waals surface area contributed by atoms with Crippen LogP contribution in [0.3, 0.4) is 0 Å². The first kappa shape index (κ1) is 27.7. The van der Waals surface area contributed by atoms with Crippen LogP contribution in [0.1, 0.15) is 38.7 Å². The van der Waals surface area contributed by atoms with Crippen LogP contribution >= 0.6 is 23.4 Å². The standard InChI is InChI=1S/C28H25ClN4O5S/c1-39-19-9-7-17-13-20(26(35)32-23(17)15-19)27(36)33-24-14-18(8-10-21(24)29)25(34)31-22(11-12-30-28(37)38)16-5-3-2-4-6-16/h2-10,13-15,22,30H,11-12H2,1H3,(H,31,34)(H,32,35)(H,33,36)(H,37,38). The summed E-state index contributed by atoms with van der Waals surface area (Å²) in [6.07, 6.45) is 1.10. The van der Waals surface area contributed by atoms with Gasteiger partial charge in [-0.25, -0.2) is 4.79 Å². The Morgan fingerprint density at radius 3 is 2.49 bits per heavy atom. The third-order valence-corrected chi connectivity index (χ3v) is 7.05. The van der Waals surface area contributed by atoms with E-state index in [1.807, 2.05) is 54.8 Å². The number of carbonyl (C=O) groups excluding carboxylic acids is 2. The second-order valence-electron chi connectivity index (χ2n) is 8.57. The van der Waals surface area contributed by atoms with Crippen molar-refractivity contribution < 1.29 is 19.5 Å². The lowest BCUT2D eigenvalue weighted by Gasteiger charge is -2.20. The van der Waals surface area contributed by atoms with Gasteiger partial charge in [-0.1, -0.05) is 48.0 Å². The molecule has 0 aliphatic carbocycles. The maximum Gasteiger partial charge on any atom is 0.404 e. The highest BCUT2D eigenvalue weighted by molar-refractivity contribution is 7.98. The fraction of sp³-hybridized carbons (Fsp3) is 0.143. The van der Waals surface area contributed by atoms with Gasteiger partial charge in [-0.2, -0.15) is 0 Å². The number of amides is 3. The van der Waals surface area contributed by atoms with Crippen molar-refractivity contribution in [3.63, 3.8) is 0 Å². The molecule has 1 aromatic heterocycles. The molecule has 4 aromatic rings. The van der Waals surface area contributed by atoms with Crippen molar-refractivity contribution >= 4 is 57.9 Å². The molecule has 39 heavy (non-hydrogen) atoms. The Balaban J connectivity index is 1.54. The molecule has 1 atom stereocenters. The smallest absolute Gasteiger partial charge is 0.404 e.